The lowest BCUT2D eigenvalue weighted by atomic mass is 9.91. The average molecular weight is 322 g/mol. The molecule has 1 fully saturated rings. The fourth-order valence-corrected chi connectivity index (χ4v) is 3.37. The van der Waals surface area contributed by atoms with Gasteiger partial charge in [0.15, 0.2) is 0 Å². The number of anilines is 1. The predicted octanol–water partition coefficient (Wildman–Crippen LogP) is 3.67. The molecule has 1 aliphatic carbocycles. The number of H-pyrrole nitrogens is 1. The molecule has 1 aromatic rings. The lowest BCUT2D eigenvalue weighted by Gasteiger charge is -2.20. The number of hydrogen-bond acceptors (Lipinski definition) is 4. The lowest BCUT2D eigenvalue weighted by Crippen LogP contribution is -2.31. The van der Waals surface area contributed by atoms with E-state index in [0.717, 1.165) is 5.56 Å². The Hall–Kier alpha value is -1.56. The highest BCUT2D eigenvalue weighted by molar-refractivity contribution is 5.84. The normalized spacial score (nSPS) is 23.7. The first-order chi connectivity index (χ1) is 10.6. The van der Waals surface area contributed by atoms with Crippen molar-refractivity contribution in [3.05, 3.63) is 11.8 Å². The van der Waals surface area contributed by atoms with E-state index in [-0.39, 0.29) is 0 Å². The summed E-state index contributed by atoms with van der Waals surface area (Å²) in [7, 11) is 0. The van der Waals surface area contributed by atoms with E-state index in [2.05, 4.69) is 41.6 Å². The topological polar surface area (TPSA) is 79.0 Å². The zero-order valence-corrected chi connectivity index (χ0v) is 15.1. The second-order valence-electron chi connectivity index (χ2n) is 8.43. The van der Waals surface area contributed by atoms with Gasteiger partial charge in [-0.15, -0.1) is 0 Å². The van der Waals surface area contributed by atoms with Gasteiger partial charge in [-0.1, -0.05) is 20.8 Å². The van der Waals surface area contributed by atoms with Gasteiger partial charge in [-0.2, -0.15) is 5.10 Å². The van der Waals surface area contributed by atoms with Crippen LogP contribution in [0.15, 0.2) is 6.20 Å². The SMILES string of the molecule is CC1CC(C)(C)CC1NCc1cn[nH]c1NC(=O)OC(C)(C)C. The summed E-state index contributed by atoms with van der Waals surface area (Å²) in [5, 5.41) is 13.2. The Kier molecular flexibility index (Phi) is 5.04. The molecule has 2 rings (SSSR count). The lowest BCUT2D eigenvalue weighted by molar-refractivity contribution is 0.0635. The van der Waals surface area contributed by atoms with E-state index in [1.807, 2.05) is 20.8 Å². The number of aromatic nitrogens is 2. The third-order valence-corrected chi connectivity index (χ3v) is 4.23. The molecule has 0 bridgehead atoms. The maximum Gasteiger partial charge on any atom is 0.413 e. The third-order valence-electron chi connectivity index (χ3n) is 4.23. The Morgan fingerprint density at radius 2 is 2.13 bits per heavy atom. The molecule has 6 heteroatoms. The van der Waals surface area contributed by atoms with E-state index >= 15 is 0 Å². The van der Waals surface area contributed by atoms with Crippen molar-refractivity contribution in [3.63, 3.8) is 0 Å². The number of nitrogens with one attached hydrogen (secondary N) is 3. The van der Waals surface area contributed by atoms with E-state index in [1.54, 1.807) is 6.20 Å². The van der Waals surface area contributed by atoms with Gasteiger partial charge in [0.1, 0.15) is 11.4 Å². The molecule has 2 unspecified atom stereocenters. The number of ether oxygens (including phenoxy) is 1. The molecule has 0 saturated heterocycles. The predicted molar refractivity (Wildman–Crippen MR) is 91.3 cm³/mol. The molecule has 23 heavy (non-hydrogen) atoms. The molecule has 1 aliphatic rings. The minimum atomic E-state index is -0.520. The van der Waals surface area contributed by atoms with Crippen molar-refractivity contribution in [2.75, 3.05) is 5.32 Å². The minimum absolute atomic E-state index is 0.394. The molecular weight excluding hydrogens is 292 g/mol. The summed E-state index contributed by atoms with van der Waals surface area (Å²) in [6, 6.07) is 0.495. The number of aromatic amines is 1. The van der Waals surface area contributed by atoms with Crippen LogP contribution in [0.4, 0.5) is 10.6 Å². The first-order valence-electron chi connectivity index (χ1n) is 8.31. The van der Waals surface area contributed by atoms with Gasteiger partial charge in [0.25, 0.3) is 0 Å². The molecule has 0 aliphatic heterocycles. The van der Waals surface area contributed by atoms with Gasteiger partial charge in [0.05, 0.1) is 6.20 Å². The maximum absolute atomic E-state index is 11.9. The van der Waals surface area contributed by atoms with E-state index in [1.165, 1.54) is 12.8 Å². The summed E-state index contributed by atoms with van der Waals surface area (Å²) in [5.41, 5.74) is 0.811. The van der Waals surface area contributed by atoms with Gasteiger partial charge in [0, 0.05) is 18.2 Å². The van der Waals surface area contributed by atoms with Crippen LogP contribution >= 0.6 is 0 Å². The highest BCUT2D eigenvalue weighted by Crippen LogP contribution is 2.40. The Labute approximate surface area is 138 Å². The molecule has 1 aromatic heterocycles. The zero-order chi connectivity index (χ0) is 17.3. The van der Waals surface area contributed by atoms with Crippen LogP contribution in [0.5, 0.6) is 0 Å². The number of nitrogens with zero attached hydrogens (tertiary/aromatic N) is 1. The molecule has 130 valence electrons. The van der Waals surface area contributed by atoms with Crippen molar-refractivity contribution in [1.29, 1.82) is 0 Å². The first-order valence-corrected chi connectivity index (χ1v) is 8.31. The Morgan fingerprint density at radius 1 is 1.43 bits per heavy atom. The summed E-state index contributed by atoms with van der Waals surface area (Å²) in [6.45, 7) is 13.1. The van der Waals surface area contributed by atoms with Crippen LogP contribution in [0, 0.1) is 11.3 Å². The standard InChI is InChI=1S/C17H30N4O2/c1-11-7-17(5,6)8-13(11)18-9-12-10-19-21-14(12)20-15(22)23-16(2,3)4/h10-11,13,18H,7-9H2,1-6H3,(H2,19,20,21,22). The fraction of sp³-hybridized carbons (Fsp3) is 0.765. The summed E-state index contributed by atoms with van der Waals surface area (Å²) in [6.07, 6.45) is 3.67. The molecule has 0 radical (unpaired) electrons. The zero-order valence-electron chi connectivity index (χ0n) is 15.1. The van der Waals surface area contributed by atoms with Crippen LogP contribution in [0.2, 0.25) is 0 Å². The van der Waals surface area contributed by atoms with E-state index in [0.29, 0.717) is 29.7 Å². The highest BCUT2D eigenvalue weighted by Gasteiger charge is 2.36. The van der Waals surface area contributed by atoms with Gasteiger partial charge in [-0.05, 0) is 44.9 Å². The van der Waals surface area contributed by atoms with Gasteiger partial charge in [0.2, 0.25) is 0 Å². The number of amides is 1. The van der Waals surface area contributed by atoms with E-state index < -0.39 is 11.7 Å². The quantitative estimate of drug-likeness (QED) is 0.790. The van der Waals surface area contributed by atoms with Crippen molar-refractivity contribution >= 4 is 11.9 Å². The van der Waals surface area contributed by atoms with Gasteiger partial charge < -0.3 is 10.1 Å². The second-order valence-corrected chi connectivity index (χ2v) is 8.43. The number of rotatable bonds is 4. The van der Waals surface area contributed by atoms with Crippen molar-refractivity contribution in [3.8, 4) is 0 Å². The molecular formula is C17H30N4O2. The van der Waals surface area contributed by atoms with Crippen molar-refractivity contribution in [2.24, 2.45) is 11.3 Å². The van der Waals surface area contributed by atoms with Crippen LogP contribution < -0.4 is 10.6 Å². The number of carbonyl (C=O) groups excluding carboxylic acids is 1. The Bertz CT molecular complexity index is 545. The summed E-state index contributed by atoms with van der Waals surface area (Å²) < 4.78 is 5.27. The fourth-order valence-electron chi connectivity index (χ4n) is 3.37. The Balaban J connectivity index is 1.90. The smallest absolute Gasteiger partial charge is 0.413 e. The van der Waals surface area contributed by atoms with Crippen LogP contribution in [0.25, 0.3) is 0 Å². The van der Waals surface area contributed by atoms with Crippen LogP contribution in [-0.4, -0.2) is 27.9 Å². The van der Waals surface area contributed by atoms with Gasteiger partial charge in [-0.3, -0.25) is 10.4 Å². The van der Waals surface area contributed by atoms with Crippen molar-refractivity contribution in [2.45, 2.75) is 72.6 Å². The summed E-state index contributed by atoms with van der Waals surface area (Å²) >= 11 is 0. The van der Waals surface area contributed by atoms with Crippen LogP contribution in [-0.2, 0) is 11.3 Å². The molecule has 0 spiro atoms. The van der Waals surface area contributed by atoms with Crippen molar-refractivity contribution in [1.82, 2.24) is 15.5 Å². The molecule has 3 N–H and O–H groups in total. The monoisotopic (exact) mass is 322 g/mol. The highest BCUT2D eigenvalue weighted by atomic mass is 16.6. The average Bonchev–Trinajstić information content (AvgIpc) is 2.88. The maximum atomic E-state index is 11.9. The van der Waals surface area contributed by atoms with Gasteiger partial charge >= 0.3 is 6.09 Å². The third kappa shape index (κ3) is 5.23. The van der Waals surface area contributed by atoms with Crippen LogP contribution in [0.3, 0.4) is 0 Å². The second kappa shape index (κ2) is 6.51. The summed E-state index contributed by atoms with van der Waals surface area (Å²) in [4.78, 5) is 11.9. The van der Waals surface area contributed by atoms with E-state index in [4.69, 9.17) is 4.74 Å². The number of hydrogen-bond donors (Lipinski definition) is 3. The number of carbonyl (C=O) groups is 1. The molecule has 1 heterocycles. The summed E-state index contributed by atoms with van der Waals surface area (Å²) in [5.74, 6) is 1.25. The molecule has 1 amide bonds. The van der Waals surface area contributed by atoms with Crippen LogP contribution in [0.1, 0.15) is 59.9 Å². The first kappa shape index (κ1) is 17.8. The molecule has 0 aromatic carbocycles. The molecule has 1 saturated carbocycles. The molecule has 6 nitrogen and oxygen atoms in total. The van der Waals surface area contributed by atoms with Crippen molar-refractivity contribution < 1.29 is 9.53 Å². The Morgan fingerprint density at radius 3 is 2.70 bits per heavy atom. The van der Waals surface area contributed by atoms with Gasteiger partial charge in [-0.25, -0.2) is 4.79 Å². The largest absolute Gasteiger partial charge is 0.444 e. The molecule has 2 atom stereocenters. The minimum Gasteiger partial charge on any atom is -0.444 e. The van der Waals surface area contributed by atoms with E-state index in [9.17, 15) is 4.79 Å².